The van der Waals surface area contributed by atoms with Crippen LogP contribution in [-0.2, 0) is 16.4 Å². The lowest BCUT2D eigenvalue weighted by Gasteiger charge is -2.09. The minimum Gasteiger partial charge on any atom is -0.370 e. The number of nitrogens with one attached hydrogen (secondary N) is 2. The van der Waals surface area contributed by atoms with Crippen LogP contribution in [0.5, 0.6) is 0 Å². The quantitative estimate of drug-likeness (QED) is 0.590. The Morgan fingerprint density at radius 1 is 0.923 bits per heavy atom. The van der Waals surface area contributed by atoms with Crippen LogP contribution in [0, 0.1) is 0 Å². The fourth-order valence-electron chi connectivity index (χ4n) is 2.37. The molecule has 0 amide bonds. The summed E-state index contributed by atoms with van der Waals surface area (Å²) < 4.78 is 22.5. The summed E-state index contributed by atoms with van der Waals surface area (Å²) in [5, 5.41) is 11.5. The van der Waals surface area contributed by atoms with Gasteiger partial charge in [0.1, 0.15) is 18.0 Å². The van der Waals surface area contributed by atoms with Gasteiger partial charge in [0.2, 0.25) is 10.0 Å². The van der Waals surface area contributed by atoms with E-state index < -0.39 is 10.0 Å². The number of aromatic nitrogens is 2. The zero-order valence-corrected chi connectivity index (χ0v) is 14.8. The average molecular weight is 369 g/mol. The molecule has 0 atom stereocenters. The highest BCUT2D eigenvalue weighted by atomic mass is 32.2. The molecule has 0 aliphatic rings. The summed E-state index contributed by atoms with van der Waals surface area (Å²) >= 11 is 0. The second kappa shape index (κ2) is 7.94. The number of hydrogen-bond acceptors (Lipinski definition) is 6. The Kier molecular flexibility index (Phi) is 5.45. The van der Waals surface area contributed by atoms with Crippen LogP contribution in [0.25, 0.3) is 0 Å². The molecule has 3 rings (SSSR count). The number of rotatable bonds is 7. The fourth-order valence-corrected chi connectivity index (χ4v) is 2.89. The summed E-state index contributed by atoms with van der Waals surface area (Å²) in [7, 11) is -3.65. The van der Waals surface area contributed by atoms with Crippen molar-refractivity contribution in [2.75, 3.05) is 17.2 Å². The average Bonchev–Trinajstić information content (AvgIpc) is 2.63. The number of para-hydroxylation sites is 1. The number of anilines is 3. The van der Waals surface area contributed by atoms with E-state index >= 15 is 0 Å². The molecule has 134 valence electrons. The first kappa shape index (κ1) is 17.8. The van der Waals surface area contributed by atoms with Gasteiger partial charge in [-0.05, 0) is 36.2 Å². The van der Waals surface area contributed by atoms with Gasteiger partial charge in [0.05, 0.1) is 4.90 Å². The van der Waals surface area contributed by atoms with Crippen LogP contribution in [0.1, 0.15) is 5.56 Å². The van der Waals surface area contributed by atoms with Gasteiger partial charge in [-0.2, -0.15) is 0 Å². The van der Waals surface area contributed by atoms with E-state index in [9.17, 15) is 8.42 Å². The van der Waals surface area contributed by atoms with Crippen molar-refractivity contribution in [2.24, 2.45) is 5.14 Å². The van der Waals surface area contributed by atoms with Crippen molar-refractivity contribution in [1.82, 2.24) is 9.97 Å². The SMILES string of the molecule is NS(=O)(=O)c1ccc(CCNc2cc(Nc3ccccc3)ncn2)cc1. The van der Waals surface area contributed by atoms with Crippen LogP contribution in [0.3, 0.4) is 0 Å². The molecule has 0 bridgehead atoms. The molecule has 7 nitrogen and oxygen atoms in total. The molecule has 2 aromatic carbocycles. The Morgan fingerprint density at radius 2 is 1.62 bits per heavy atom. The van der Waals surface area contributed by atoms with Crippen LogP contribution in [-0.4, -0.2) is 24.9 Å². The highest BCUT2D eigenvalue weighted by Crippen LogP contribution is 2.16. The molecule has 0 aliphatic heterocycles. The molecule has 26 heavy (non-hydrogen) atoms. The van der Waals surface area contributed by atoms with Gasteiger partial charge in [0.25, 0.3) is 0 Å². The topological polar surface area (TPSA) is 110 Å². The van der Waals surface area contributed by atoms with E-state index in [-0.39, 0.29) is 4.90 Å². The molecular formula is C18H19N5O2S. The lowest BCUT2D eigenvalue weighted by atomic mass is 10.1. The second-order valence-corrected chi connectivity index (χ2v) is 7.21. The molecule has 0 unspecified atom stereocenters. The third kappa shape index (κ3) is 5.01. The molecule has 0 saturated carbocycles. The zero-order valence-electron chi connectivity index (χ0n) is 14.0. The summed E-state index contributed by atoms with van der Waals surface area (Å²) in [4.78, 5) is 8.52. The number of hydrogen-bond donors (Lipinski definition) is 3. The maximum Gasteiger partial charge on any atom is 0.238 e. The fraction of sp³-hybridized carbons (Fsp3) is 0.111. The van der Waals surface area contributed by atoms with Gasteiger partial charge in [-0.1, -0.05) is 30.3 Å². The van der Waals surface area contributed by atoms with Crippen molar-refractivity contribution < 1.29 is 8.42 Å². The van der Waals surface area contributed by atoms with Crippen LogP contribution in [0.4, 0.5) is 17.3 Å². The molecule has 0 fully saturated rings. The number of benzene rings is 2. The Balaban J connectivity index is 1.56. The Morgan fingerprint density at radius 3 is 2.31 bits per heavy atom. The van der Waals surface area contributed by atoms with Gasteiger partial charge < -0.3 is 10.6 Å². The summed E-state index contributed by atoms with van der Waals surface area (Å²) in [6.07, 6.45) is 2.21. The van der Waals surface area contributed by atoms with Gasteiger partial charge in [0, 0.05) is 18.3 Å². The van der Waals surface area contributed by atoms with Crippen molar-refractivity contribution in [3.05, 3.63) is 72.6 Å². The van der Waals surface area contributed by atoms with Crippen molar-refractivity contribution in [3.8, 4) is 0 Å². The number of nitrogens with zero attached hydrogens (tertiary/aromatic N) is 2. The van der Waals surface area contributed by atoms with Gasteiger partial charge in [-0.3, -0.25) is 0 Å². The highest BCUT2D eigenvalue weighted by Gasteiger charge is 2.06. The molecular weight excluding hydrogens is 350 g/mol. The normalized spacial score (nSPS) is 11.1. The van der Waals surface area contributed by atoms with E-state index in [1.165, 1.54) is 18.5 Å². The lowest BCUT2D eigenvalue weighted by molar-refractivity contribution is 0.598. The molecule has 4 N–H and O–H groups in total. The maximum atomic E-state index is 11.3. The monoisotopic (exact) mass is 369 g/mol. The standard InChI is InChI=1S/C18H19N5O2S/c19-26(24,25)16-8-6-14(7-9-16)10-11-20-17-12-18(22-13-21-17)23-15-4-2-1-3-5-15/h1-9,12-13H,10-11H2,(H2,19,24,25)(H2,20,21,22,23). The Hall–Kier alpha value is -2.97. The van der Waals surface area contributed by atoms with Crippen molar-refractivity contribution in [3.63, 3.8) is 0 Å². The first-order chi connectivity index (χ1) is 12.5. The zero-order chi connectivity index (χ0) is 18.4. The minimum absolute atomic E-state index is 0.113. The first-order valence-corrected chi connectivity index (χ1v) is 9.55. The second-order valence-electron chi connectivity index (χ2n) is 5.65. The molecule has 1 heterocycles. The smallest absolute Gasteiger partial charge is 0.238 e. The maximum absolute atomic E-state index is 11.3. The third-order valence-corrected chi connectivity index (χ3v) is 4.61. The van der Waals surface area contributed by atoms with Gasteiger partial charge in [0.15, 0.2) is 0 Å². The molecule has 3 aromatic rings. The van der Waals surface area contributed by atoms with Crippen LogP contribution in [0.15, 0.2) is 71.9 Å². The minimum atomic E-state index is -3.65. The Labute approximate surface area is 152 Å². The van der Waals surface area contributed by atoms with Crippen LogP contribution < -0.4 is 15.8 Å². The van der Waals surface area contributed by atoms with E-state index in [4.69, 9.17) is 5.14 Å². The van der Waals surface area contributed by atoms with Crippen LogP contribution >= 0.6 is 0 Å². The van der Waals surface area contributed by atoms with Gasteiger partial charge in [-0.25, -0.2) is 23.5 Å². The van der Waals surface area contributed by atoms with E-state index in [2.05, 4.69) is 20.6 Å². The molecule has 8 heteroatoms. The predicted molar refractivity (Wildman–Crippen MR) is 102 cm³/mol. The summed E-state index contributed by atoms with van der Waals surface area (Å²) in [6, 6.07) is 18.1. The first-order valence-electron chi connectivity index (χ1n) is 8.00. The molecule has 0 radical (unpaired) electrons. The predicted octanol–water partition coefficient (Wildman–Crippen LogP) is 2.52. The molecule has 0 saturated heterocycles. The highest BCUT2D eigenvalue weighted by molar-refractivity contribution is 7.89. The third-order valence-electron chi connectivity index (χ3n) is 3.68. The number of nitrogens with two attached hydrogens (primary N) is 1. The molecule has 0 spiro atoms. The Bertz CT molecular complexity index is 960. The summed E-state index contributed by atoms with van der Waals surface area (Å²) in [5.41, 5.74) is 1.95. The summed E-state index contributed by atoms with van der Waals surface area (Å²) in [5.74, 6) is 1.41. The van der Waals surface area contributed by atoms with Crippen molar-refractivity contribution in [1.29, 1.82) is 0 Å². The van der Waals surface area contributed by atoms with E-state index in [0.717, 1.165) is 17.7 Å². The number of primary sulfonamides is 1. The lowest BCUT2D eigenvalue weighted by Crippen LogP contribution is -2.12. The van der Waals surface area contributed by atoms with E-state index in [1.807, 2.05) is 36.4 Å². The molecule has 0 aliphatic carbocycles. The van der Waals surface area contributed by atoms with Crippen molar-refractivity contribution >= 4 is 27.3 Å². The number of sulfonamides is 1. The van der Waals surface area contributed by atoms with E-state index in [0.29, 0.717) is 18.2 Å². The van der Waals surface area contributed by atoms with Gasteiger partial charge in [-0.15, -0.1) is 0 Å². The van der Waals surface area contributed by atoms with Crippen LogP contribution in [0.2, 0.25) is 0 Å². The van der Waals surface area contributed by atoms with Crippen molar-refractivity contribution in [2.45, 2.75) is 11.3 Å². The van der Waals surface area contributed by atoms with E-state index in [1.54, 1.807) is 12.1 Å². The van der Waals surface area contributed by atoms with Gasteiger partial charge >= 0.3 is 0 Å². The largest absolute Gasteiger partial charge is 0.370 e. The molecule has 1 aromatic heterocycles. The summed E-state index contributed by atoms with van der Waals surface area (Å²) in [6.45, 7) is 0.649.